The lowest BCUT2D eigenvalue weighted by atomic mass is 10.5. The van der Waals surface area contributed by atoms with E-state index in [1.54, 1.807) is 5.01 Å². The molecule has 1 saturated heterocycles. The molecule has 1 aliphatic heterocycles. The molecule has 1 aliphatic rings. The summed E-state index contributed by atoms with van der Waals surface area (Å²) in [6.07, 6.45) is 0. The standard InChI is InChI=1S/C5H9N7O/c1-3-13-4-2-12(1)11-8-5-6-9-10-7-5/h1-4H2,(H,6,7,9,10)/b11-8+. The second-order valence-electron chi connectivity index (χ2n) is 2.47. The lowest BCUT2D eigenvalue weighted by molar-refractivity contribution is 0.0353. The zero-order valence-corrected chi connectivity index (χ0v) is 6.92. The number of rotatable bonds is 2. The van der Waals surface area contributed by atoms with Gasteiger partial charge in [-0.15, -0.1) is 5.10 Å². The summed E-state index contributed by atoms with van der Waals surface area (Å²) in [5.74, 6) is 0.242. The minimum absolute atomic E-state index is 0.242. The molecule has 0 aliphatic carbocycles. The van der Waals surface area contributed by atoms with Crippen LogP contribution in [0, 0.1) is 0 Å². The summed E-state index contributed by atoms with van der Waals surface area (Å²) >= 11 is 0. The molecule has 8 heteroatoms. The molecule has 1 aromatic heterocycles. The highest BCUT2D eigenvalue weighted by Crippen LogP contribution is 2.02. The average molecular weight is 183 g/mol. The molecular formula is C5H9N7O. The van der Waals surface area contributed by atoms with Gasteiger partial charge in [-0.05, 0) is 5.21 Å². The van der Waals surface area contributed by atoms with Crippen molar-refractivity contribution in [2.45, 2.75) is 0 Å². The predicted molar refractivity (Wildman–Crippen MR) is 41.1 cm³/mol. The molecule has 8 nitrogen and oxygen atoms in total. The summed E-state index contributed by atoms with van der Waals surface area (Å²) in [5.41, 5.74) is 0. The largest absolute Gasteiger partial charge is 0.378 e. The number of hydrogen-bond acceptors (Lipinski definition) is 6. The third-order valence-electron chi connectivity index (χ3n) is 1.58. The maximum Gasteiger partial charge on any atom is 0.309 e. The molecule has 0 bridgehead atoms. The van der Waals surface area contributed by atoms with Crippen LogP contribution in [0.25, 0.3) is 0 Å². The molecule has 1 N–H and O–H groups in total. The summed E-state index contributed by atoms with van der Waals surface area (Å²) in [6, 6.07) is 0. The molecule has 1 aromatic rings. The zero-order chi connectivity index (χ0) is 8.93. The maximum atomic E-state index is 5.14. The van der Waals surface area contributed by atoms with E-state index in [1.807, 2.05) is 0 Å². The van der Waals surface area contributed by atoms with Gasteiger partial charge in [0.15, 0.2) is 0 Å². The normalized spacial score (nSPS) is 18.3. The number of ether oxygens (including phenoxy) is 1. The Morgan fingerprint density at radius 2 is 2.23 bits per heavy atom. The molecule has 70 valence electrons. The van der Waals surface area contributed by atoms with E-state index in [4.69, 9.17) is 4.74 Å². The second kappa shape index (κ2) is 3.90. The van der Waals surface area contributed by atoms with Crippen LogP contribution in [-0.2, 0) is 4.74 Å². The van der Waals surface area contributed by atoms with E-state index in [-0.39, 0.29) is 5.95 Å². The fourth-order valence-corrected chi connectivity index (χ4v) is 0.945. The first-order valence-corrected chi connectivity index (χ1v) is 3.93. The summed E-state index contributed by atoms with van der Waals surface area (Å²) in [7, 11) is 0. The van der Waals surface area contributed by atoms with E-state index < -0.39 is 0 Å². The maximum absolute atomic E-state index is 5.14. The molecule has 0 spiro atoms. The van der Waals surface area contributed by atoms with Gasteiger partial charge >= 0.3 is 5.95 Å². The van der Waals surface area contributed by atoms with Crippen molar-refractivity contribution < 1.29 is 4.74 Å². The number of tetrazole rings is 1. The van der Waals surface area contributed by atoms with Gasteiger partial charge in [0, 0.05) is 0 Å². The fourth-order valence-electron chi connectivity index (χ4n) is 0.945. The number of hydrogen-bond donors (Lipinski definition) is 1. The minimum atomic E-state index is 0.242. The predicted octanol–water partition coefficient (Wildman–Crippen LogP) is -0.469. The van der Waals surface area contributed by atoms with Gasteiger partial charge in [-0.3, -0.25) is 5.01 Å². The lowest BCUT2D eigenvalue weighted by Gasteiger charge is -2.21. The molecule has 2 rings (SSSR count). The van der Waals surface area contributed by atoms with Crippen molar-refractivity contribution in [1.29, 1.82) is 0 Å². The average Bonchev–Trinajstić information content (AvgIpc) is 2.69. The fraction of sp³-hybridized carbons (Fsp3) is 0.800. The van der Waals surface area contributed by atoms with Crippen LogP contribution < -0.4 is 0 Å². The highest BCUT2D eigenvalue weighted by atomic mass is 16.5. The van der Waals surface area contributed by atoms with Crippen molar-refractivity contribution in [3.05, 3.63) is 0 Å². The Hall–Kier alpha value is -1.57. The molecule has 0 saturated carbocycles. The Labute approximate surface area is 73.9 Å². The van der Waals surface area contributed by atoms with Gasteiger partial charge in [-0.25, -0.2) is 0 Å². The number of nitrogens with one attached hydrogen (secondary N) is 1. The van der Waals surface area contributed by atoms with Gasteiger partial charge in [0.1, 0.15) is 0 Å². The van der Waals surface area contributed by atoms with E-state index in [0.717, 1.165) is 13.1 Å². The van der Waals surface area contributed by atoms with Crippen LogP contribution in [-0.4, -0.2) is 51.9 Å². The number of aromatic amines is 1. The van der Waals surface area contributed by atoms with Gasteiger partial charge in [0.25, 0.3) is 0 Å². The van der Waals surface area contributed by atoms with Gasteiger partial charge in [0.2, 0.25) is 0 Å². The van der Waals surface area contributed by atoms with Crippen LogP contribution in [0.1, 0.15) is 0 Å². The third kappa shape index (κ3) is 2.18. The van der Waals surface area contributed by atoms with E-state index in [9.17, 15) is 0 Å². The Balaban J connectivity index is 1.89. The molecule has 0 atom stereocenters. The molecule has 0 unspecified atom stereocenters. The third-order valence-corrected chi connectivity index (χ3v) is 1.58. The Morgan fingerprint density at radius 3 is 2.92 bits per heavy atom. The molecule has 0 aromatic carbocycles. The first kappa shape index (κ1) is 8.05. The monoisotopic (exact) mass is 183 g/mol. The molecular weight excluding hydrogens is 174 g/mol. The van der Waals surface area contributed by atoms with Crippen LogP contribution in [0.4, 0.5) is 5.95 Å². The van der Waals surface area contributed by atoms with E-state index in [1.165, 1.54) is 0 Å². The van der Waals surface area contributed by atoms with E-state index in [2.05, 4.69) is 31.0 Å². The van der Waals surface area contributed by atoms with Crippen LogP contribution >= 0.6 is 0 Å². The van der Waals surface area contributed by atoms with E-state index in [0.29, 0.717) is 13.2 Å². The molecule has 1 fully saturated rings. The van der Waals surface area contributed by atoms with Gasteiger partial charge in [0.05, 0.1) is 26.3 Å². The van der Waals surface area contributed by atoms with Crippen LogP contribution in [0.15, 0.2) is 10.3 Å². The Morgan fingerprint density at radius 1 is 1.38 bits per heavy atom. The first-order chi connectivity index (χ1) is 6.45. The van der Waals surface area contributed by atoms with Gasteiger partial charge < -0.3 is 4.74 Å². The summed E-state index contributed by atoms with van der Waals surface area (Å²) in [6.45, 7) is 2.87. The Bertz CT molecular complexity index is 264. The highest BCUT2D eigenvalue weighted by Gasteiger charge is 2.07. The summed E-state index contributed by atoms with van der Waals surface area (Å²) < 4.78 is 5.14. The molecule has 13 heavy (non-hydrogen) atoms. The summed E-state index contributed by atoms with van der Waals surface area (Å²) in [4.78, 5) is 0. The van der Waals surface area contributed by atoms with Crippen molar-refractivity contribution in [3.8, 4) is 0 Å². The van der Waals surface area contributed by atoms with Crippen molar-refractivity contribution in [2.24, 2.45) is 10.3 Å². The van der Waals surface area contributed by atoms with Crippen LogP contribution in [0.3, 0.4) is 0 Å². The van der Waals surface area contributed by atoms with Crippen LogP contribution in [0.5, 0.6) is 0 Å². The molecule has 2 heterocycles. The van der Waals surface area contributed by atoms with Crippen molar-refractivity contribution in [2.75, 3.05) is 26.3 Å². The van der Waals surface area contributed by atoms with E-state index >= 15 is 0 Å². The van der Waals surface area contributed by atoms with Crippen molar-refractivity contribution >= 4 is 5.95 Å². The van der Waals surface area contributed by atoms with Gasteiger partial charge in [-0.2, -0.15) is 5.21 Å². The smallest absolute Gasteiger partial charge is 0.309 e. The Kier molecular flexibility index (Phi) is 2.41. The van der Waals surface area contributed by atoms with Gasteiger partial charge in [-0.1, -0.05) is 15.4 Å². The van der Waals surface area contributed by atoms with Crippen molar-refractivity contribution in [3.63, 3.8) is 0 Å². The number of aromatic nitrogens is 4. The van der Waals surface area contributed by atoms with Crippen LogP contribution in [0.2, 0.25) is 0 Å². The number of nitrogens with zero attached hydrogens (tertiary/aromatic N) is 6. The first-order valence-electron chi connectivity index (χ1n) is 3.93. The molecule has 0 amide bonds. The van der Waals surface area contributed by atoms with Crippen molar-refractivity contribution in [1.82, 2.24) is 25.6 Å². The topological polar surface area (TPSA) is 91.7 Å². The highest BCUT2D eigenvalue weighted by molar-refractivity contribution is 5.03. The zero-order valence-electron chi connectivity index (χ0n) is 6.92. The number of H-pyrrole nitrogens is 1. The summed E-state index contributed by atoms with van der Waals surface area (Å²) in [5, 5.41) is 22.4. The SMILES string of the molecule is C1CN(/N=N/c2nn[nH]n2)CCO1. The minimum Gasteiger partial charge on any atom is -0.378 e. The molecule has 0 radical (unpaired) electrons. The second-order valence-corrected chi connectivity index (χ2v) is 2.47. The number of morpholine rings is 1. The quantitative estimate of drug-likeness (QED) is 0.626. The lowest BCUT2D eigenvalue weighted by Crippen LogP contribution is -2.31.